The van der Waals surface area contributed by atoms with Gasteiger partial charge in [0.2, 0.25) is 26.0 Å². The number of rotatable bonds is 4. The fourth-order valence-electron chi connectivity index (χ4n) is 2.23. The van der Waals surface area contributed by atoms with Crippen molar-refractivity contribution in [2.24, 2.45) is 5.92 Å². The van der Waals surface area contributed by atoms with Gasteiger partial charge in [-0.25, -0.2) is 25.9 Å². The summed E-state index contributed by atoms with van der Waals surface area (Å²) in [6.07, 6.45) is 0. The molecule has 0 saturated carbocycles. The molecule has 1 aromatic carbocycles. The fraction of sp³-hybridized carbons (Fsp3) is 0.462. The molecule has 0 aliphatic carbocycles. The molecule has 1 amide bonds. The average Bonchev–Trinajstić information content (AvgIpc) is 2.57. The minimum Gasteiger partial charge on any atom is -0.273 e. The van der Waals surface area contributed by atoms with Crippen LogP contribution in [-0.2, 0) is 24.8 Å². The first-order valence-corrected chi connectivity index (χ1v) is 9.83. The lowest BCUT2D eigenvalue weighted by molar-refractivity contribution is -0.119. The highest BCUT2D eigenvalue weighted by atomic mass is 32.2. The van der Waals surface area contributed by atoms with Gasteiger partial charge in [0.1, 0.15) is 0 Å². The molecule has 1 saturated heterocycles. The Kier molecular flexibility index (Phi) is 4.33. The first-order valence-electron chi connectivity index (χ1n) is 6.74. The van der Waals surface area contributed by atoms with Crippen molar-refractivity contribution >= 4 is 31.6 Å². The topological polar surface area (TPSA) is 101 Å². The standard InChI is InChI=1S/C13H18N2O5S2/c1-9(2)14-22(19,20)12-6-4-11(5-7-12)15-13(16)10(3)8-21(15,17)18/h4-7,9-10,14H,8H2,1-3H3/t10-/m0/s1. The summed E-state index contributed by atoms with van der Waals surface area (Å²) in [6, 6.07) is 4.95. The number of carbonyl (C=O) groups is 1. The van der Waals surface area contributed by atoms with Crippen molar-refractivity contribution in [1.82, 2.24) is 4.72 Å². The zero-order chi connectivity index (χ0) is 16.7. The highest BCUT2D eigenvalue weighted by Gasteiger charge is 2.41. The third kappa shape index (κ3) is 3.16. The van der Waals surface area contributed by atoms with Crippen LogP contribution in [0.1, 0.15) is 20.8 Å². The molecule has 22 heavy (non-hydrogen) atoms. The molecule has 1 fully saturated rings. The van der Waals surface area contributed by atoms with Gasteiger partial charge in [-0.15, -0.1) is 0 Å². The third-order valence-electron chi connectivity index (χ3n) is 3.13. The number of hydrogen-bond donors (Lipinski definition) is 1. The molecule has 0 spiro atoms. The van der Waals surface area contributed by atoms with E-state index in [-0.39, 0.29) is 22.4 Å². The minimum atomic E-state index is -3.69. The lowest BCUT2D eigenvalue weighted by Crippen LogP contribution is -2.31. The van der Waals surface area contributed by atoms with E-state index in [1.54, 1.807) is 20.8 Å². The van der Waals surface area contributed by atoms with Crippen LogP contribution < -0.4 is 9.03 Å². The third-order valence-corrected chi connectivity index (χ3v) is 6.68. The number of benzene rings is 1. The van der Waals surface area contributed by atoms with E-state index in [0.717, 1.165) is 4.31 Å². The molecule has 0 radical (unpaired) electrons. The van der Waals surface area contributed by atoms with Crippen LogP contribution in [0.3, 0.4) is 0 Å². The van der Waals surface area contributed by atoms with Crippen LogP contribution in [0.5, 0.6) is 0 Å². The molecular formula is C13H18N2O5S2. The van der Waals surface area contributed by atoms with Crippen molar-refractivity contribution in [3.05, 3.63) is 24.3 Å². The molecule has 0 aromatic heterocycles. The summed E-state index contributed by atoms with van der Waals surface area (Å²) in [5, 5.41) is 0. The maximum absolute atomic E-state index is 12.0. The lowest BCUT2D eigenvalue weighted by Gasteiger charge is -2.16. The molecule has 1 aliphatic heterocycles. The Balaban J connectivity index is 2.36. The second-order valence-electron chi connectivity index (χ2n) is 5.55. The quantitative estimate of drug-likeness (QED) is 0.864. The van der Waals surface area contributed by atoms with Gasteiger partial charge in [0.05, 0.1) is 22.3 Å². The Morgan fingerprint density at radius 2 is 1.77 bits per heavy atom. The van der Waals surface area contributed by atoms with Crippen LogP contribution in [0, 0.1) is 5.92 Å². The molecule has 122 valence electrons. The molecule has 7 nitrogen and oxygen atoms in total. The summed E-state index contributed by atoms with van der Waals surface area (Å²) in [5.41, 5.74) is 0.151. The molecule has 1 aliphatic rings. The Morgan fingerprint density at radius 1 is 1.23 bits per heavy atom. The number of hydrogen-bond acceptors (Lipinski definition) is 5. The van der Waals surface area contributed by atoms with Crippen molar-refractivity contribution in [3.8, 4) is 0 Å². The zero-order valence-corrected chi connectivity index (χ0v) is 14.1. The number of carbonyl (C=O) groups excluding carboxylic acids is 1. The van der Waals surface area contributed by atoms with E-state index in [2.05, 4.69) is 4.72 Å². The van der Waals surface area contributed by atoms with E-state index in [0.29, 0.717) is 0 Å². The summed E-state index contributed by atoms with van der Waals surface area (Å²) >= 11 is 0. The van der Waals surface area contributed by atoms with E-state index >= 15 is 0 Å². The number of nitrogens with zero attached hydrogens (tertiary/aromatic N) is 1. The maximum Gasteiger partial charge on any atom is 0.244 e. The van der Waals surface area contributed by atoms with Gasteiger partial charge in [0.15, 0.2) is 0 Å². The van der Waals surface area contributed by atoms with Gasteiger partial charge in [-0.1, -0.05) is 6.92 Å². The van der Waals surface area contributed by atoms with Gasteiger partial charge in [-0.05, 0) is 38.1 Å². The first-order chi connectivity index (χ1) is 10.0. The molecule has 1 heterocycles. The van der Waals surface area contributed by atoms with Crippen molar-refractivity contribution in [3.63, 3.8) is 0 Å². The van der Waals surface area contributed by atoms with Gasteiger partial charge in [0.25, 0.3) is 0 Å². The molecular weight excluding hydrogens is 328 g/mol. The maximum atomic E-state index is 12.0. The number of sulfonamides is 2. The predicted molar refractivity (Wildman–Crippen MR) is 82.3 cm³/mol. The molecule has 2 rings (SSSR count). The number of amides is 1. The monoisotopic (exact) mass is 346 g/mol. The van der Waals surface area contributed by atoms with Crippen LogP contribution in [0.2, 0.25) is 0 Å². The van der Waals surface area contributed by atoms with E-state index in [1.165, 1.54) is 24.3 Å². The van der Waals surface area contributed by atoms with Crippen LogP contribution >= 0.6 is 0 Å². The fourth-order valence-corrected chi connectivity index (χ4v) is 5.30. The molecule has 0 bridgehead atoms. The molecule has 1 N–H and O–H groups in total. The van der Waals surface area contributed by atoms with Crippen molar-refractivity contribution in [2.75, 3.05) is 10.1 Å². The Bertz CT molecular complexity index is 782. The van der Waals surface area contributed by atoms with Gasteiger partial charge in [-0.3, -0.25) is 4.79 Å². The second kappa shape index (κ2) is 5.64. The summed E-state index contributed by atoms with van der Waals surface area (Å²) in [7, 11) is -7.34. The Morgan fingerprint density at radius 3 is 2.18 bits per heavy atom. The Hall–Kier alpha value is -1.45. The summed E-state index contributed by atoms with van der Waals surface area (Å²) in [6.45, 7) is 4.94. The molecule has 1 aromatic rings. The smallest absolute Gasteiger partial charge is 0.244 e. The van der Waals surface area contributed by atoms with Gasteiger partial charge in [0, 0.05) is 6.04 Å². The number of nitrogens with one attached hydrogen (secondary N) is 1. The largest absolute Gasteiger partial charge is 0.273 e. The van der Waals surface area contributed by atoms with Crippen LogP contribution in [0.4, 0.5) is 5.69 Å². The molecule has 0 unspecified atom stereocenters. The van der Waals surface area contributed by atoms with Crippen molar-refractivity contribution < 1.29 is 21.6 Å². The number of anilines is 1. The highest BCUT2D eigenvalue weighted by molar-refractivity contribution is 7.94. The zero-order valence-electron chi connectivity index (χ0n) is 12.5. The van der Waals surface area contributed by atoms with Crippen molar-refractivity contribution in [2.45, 2.75) is 31.7 Å². The normalized spacial score (nSPS) is 21.5. The van der Waals surface area contributed by atoms with E-state index < -0.39 is 31.9 Å². The van der Waals surface area contributed by atoms with Gasteiger partial charge >= 0.3 is 0 Å². The minimum absolute atomic E-state index is 0.0158. The Labute approximate surface area is 130 Å². The summed E-state index contributed by atoms with van der Waals surface area (Å²) in [4.78, 5) is 12.0. The first kappa shape index (κ1) is 16.9. The van der Waals surface area contributed by atoms with Gasteiger partial charge < -0.3 is 0 Å². The predicted octanol–water partition coefficient (Wildman–Crippen LogP) is 0.686. The van der Waals surface area contributed by atoms with Crippen LogP contribution in [-0.4, -0.2) is 34.5 Å². The summed E-state index contributed by atoms with van der Waals surface area (Å²) < 4.78 is 51.2. The van der Waals surface area contributed by atoms with Crippen molar-refractivity contribution in [1.29, 1.82) is 0 Å². The lowest BCUT2D eigenvalue weighted by atomic mass is 10.2. The van der Waals surface area contributed by atoms with E-state index in [4.69, 9.17) is 0 Å². The highest BCUT2D eigenvalue weighted by Crippen LogP contribution is 2.28. The van der Waals surface area contributed by atoms with Crippen LogP contribution in [0.25, 0.3) is 0 Å². The van der Waals surface area contributed by atoms with E-state index in [1.807, 2.05) is 0 Å². The molecule has 9 heteroatoms. The van der Waals surface area contributed by atoms with Gasteiger partial charge in [-0.2, -0.15) is 0 Å². The van der Waals surface area contributed by atoms with E-state index in [9.17, 15) is 21.6 Å². The van der Waals surface area contributed by atoms with Crippen LogP contribution in [0.15, 0.2) is 29.2 Å². The average molecular weight is 346 g/mol. The second-order valence-corrected chi connectivity index (χ2v) is 9.13. The summed E-state index contributed by atoms with van der Waals surface area (Å²) in [5.74, 6) is -1.34. The SMILES string of the molecule is CC(C)NS(=O)(=O)c1ccc(N2C(=O)[C@@H](C)CS2(=O)=O)cc1. The molecule has 1 atom stereocenters.